The number of nitro groups is 1. The van der Waals surface area contributed by atoms with Gasteiger partial charge in [-0.25, -0.2) is 0 Å². The van der Waals surface area contributed by atoms with Crippen LogP contribution in [0.4, 0.5) is 5.69 Å². The van der Waals surface area contributed by atoms with Crippen molar-refractivity contribution >= 4 is 22.5 Å². The predicted octanol–water partition coefficient (Wildman–Crippen LogP) is 2.03. The molecule has 0 N–H and O–H groups in total. The van der Waals surface area contributed by atoms with Gasteiger partial charge in [0, 0.05) is 37.8 Å². The van der Waals surface area contributed by atoms with Gasteiger partial charge in [-0.05, 0) is 24.3 Å². The minimum absolute atomic E-state index is 0.0354. The van der Waals surface area contributed by atoms with Gasteiger partial charge in [-0.3, -0.25) is 19.5 Å². The highest BCUT2D eigenvalue weighted by Crippen LogP contribution is 2.23. The third-order valence-corrected chi connectivity index (χ3v) is 3.41. The number of nitro benzene ring substituents is 1. The Balaban J connectivity index is 2.00. The molecule has 8 nitrogen and oxygen atoms in total. The quantitative estimate of drug-likeness (QED) is 0.545. The fourth-order valence-corrected chi connectivity index (χ4v) is 2.24. The second-order valence-electron chi connectivity index (χ2n) is 5.16. The van der Waals surface area contributed by atoms with E-state index in [0.29, 0.717) is 5.82 Å². The van der Waals surface area contributed by atoms with Crippen LogP contribution in [0.1, 0.15) is 10.5 Å². The number of fused-ring (bicyclic) bond motifs is 1. The number of aromatic nitrogens is 3. The number of rotatable bonds is 3. The molecule has 0 bridgehead atoms. The van der Waals surface area contributed by atoms with E-state index in [9.17, 15) is 14.9 Å². The monoisotopic (exact) mass is 311 g/mol. The molecule has 0 saturated carbocycles. The third-order valence-electron chi connectivity index (χ3n) is 3.41. The summed E-state index contributed by atoms with van der Waals surface area (Å²) in [7, 11) is 3.29. The SMILES string of the molecule is CN(C)C(=O)c1ccc(-n2ccc3cc([N+](=O)[O-])ccc32)nn1. The zero-order chi connectivity index (χ0) is 16.6. The number of non-ortho nitro benzene ring substituents is 1. The fourth-order valence-electron chi connectivity index (χ4n) is 2.24. The molecule has 2 heterocycles. The average Bonchev–Trinajstić information content (AvgIpc) is 2.97. The van der Waals surface area contributed by atoms with E-state index in [-0.39, 0.29) is 17.3 Å². The summed E-state index contributed by atoms with van der Waals surface area (Å²) in [6.07, 6.45) is 1.76. The first-order valence-electron chi connectivity index (χ1n) is 6.78. The summed E-state index contributed by atoms with van der Waals surface area (Å²) in [5, 5.41) is 19.6. The molecule has 0 unspecified atom stereocenters. The van der Waals surface area contributed by atoms with Crippen LogP contribution < -0.4 is 0 Å². The molecule has 0 aliphatic heterocycles. The van der Waals surface area contributed by atoms with Gasteiger partial charge in [0.05, 0.1) is 10.4 Å². The van der Waals surface area contributed by atoms with Crippen molar-refractivity contribution in [1.29, 1.82) is 0 Å². The molecule has 0 aliphatic carbocycles. The van der Waals surface area contributed by atoms with Crippen LogP contribution in [0.25, 0.3) is 16.7 Å². The van der Waals surface area contributed by atoms with E-state index >= 15 is 0 Å². The van der Waals surface area contributed by atoms with E-state index in [2.05, 4.69) is 10.2 Å². The highest BCUT2D eigenvalue weighted by molar-refractivity contribution is 5.91. The van der Waals surface area contributed by atoms with E-state index in [1.54, 1.807) is 49.1 Å². The van der Waals surface area contributed by atoms with Crippen LogP contribution in [-0.4, -0.2) is 44.6 Å². The van der Waals surface area contributed by atoms with Crippen molar-refractivity contribution in [2.24, 2.45) is 0 Å². The Hall–Kier alpha value is -3.29. The van der Waals surface area contributed by atoms with Gasteiger partial charge in [-0.1, -0.05) is 0 Å². The smallest absolute Gasteiger partial charge is 0.273 e. The Bertz CT molecular complexity index is 899. The minimum Gasteiger partial charge on any atom is -0.343 e. The molecule has 0 spiro atoms. The van der Waals surface area contributed by atoms with Gasteiger partial charge in [0.2, 0.25) is 0 Å². The van der Waals surface area contributed by atoms with Gasteiger partial charge in [0.1, 0.15) is 0 Å². The normalized spacial score (nSPS) is 10.7. The van der Waals surface area contributed by atoms with Gasteiger partial charge >= 0.3 is 0 Å². The van der Waals surface area contributed by atoms with Crippen LogP contribution >= 0.6 is 0 Å². The second kappa shape index (κ2) is 5.48. The van der Waals surface area contributed by atoms with Crippen molar-refractivity contribution in [1.82, 2.24) is 19.7 Å². The summed E-state index contributed by atoms with van der Waals surface area (Å²) < 4.78 is 1.76. The Morgan fingerprint density at radius 1 is 1.17 bits per heavy atom. The van der Waals surface area contributed by atoms with E-state index < -0.39 is 4.92 Å². The van der Waals surface area contributed by atoms with Crippen LogP contribution in [0, 0.1) is 10.1 Å². The van der Waals surface area contributed by atoms with Crippen molar-refractivity contribution in [3.8, 4) is 5.82 Å². The van der Waals surface area contributed by atoms with Crippen LogP contribution in [0.5, 0.6) is 0 Å². The zero-order valence-corrected chi connectivity index (χ0v) is 12.5. The number of amides is 1. The molecule has 3 aromatic rings. The van der Waals surface area contributed by atoms with E-state index in [1.807, 2.05) is 0 Å². The molecule has 23 heavy (non-hydrogen) atoms. The van der Waals surface area contributed by atoms with Crippen molar-refractivity contribution in [3.63, 3.8) is 0 Å². The lowest BCUT2D eigenvalue weighted by atomic mass is 10.2. The summed E-state index contributed by atoms with van der Waals surface area (Å²) in [5.41, 5.74) is 1.07. The first-order chi connectivity index (χ1) is 11.0. The maximum absolute atomic E-state index is 11.8. The van der Waals surface area contributed by atoms with Crippen LogP contribution in [-0.2, 0) is 0 Å². The van der Waals surface area contributed by atoms with Gasteiger partial charge in [-0.2, -0.15) is 0 Å². The maximum atomic E-state index is 11.8. The summed E-state index contributed by atoms with van der Waals surface area (Å²) in [5.74, 6) is 0.307. The van der Waals surface area contributed by atoms with Crippen LogP contribution in [0.15, 0.2) is 42.6 Å². The number of carbonyl (C=O) groups excluding carboxylic acids is 1. The van der Waals surface area contributed by atoms with Crippen molar-refractivity contribution in [3.05, 3.63) is 58.4 Å². The van der Waals surface area contributed by atoms with E-state index in [1.165, 1.54) is 17.0 Å². The molecule has 116 valence electrons. The largest absolute Gasteiger partial charge is 0.343 e. The fraction of sp³-hybridized carbons (Fsp3) is 0.133. The summed E-state index contributed by atoms with van der Waals surface area (Å²) in [6, 6.07) is 9.66. The lowest BCUT2D eigenvalue weighted by Gasteiger charge is -2.09. The topological polar surface area (TPSA) is 94.2 Å². The molecule has 2 aromatic heterocycles. The highest BCUT2D eigenvalue weighted by Gasteiger charge is 2.13. The Labute approximate surface area is 131 Å². The summed E-state index contributed by atoms with van der Waals surface area (Å²) in [4.78, 5) is 23.6. The number of carbonyl (C=O) groups is 1. The van der Waals surface area contributed by atoms with Gasteiger partial charge in [-0.15, -0.1) is 10.2 Å². The first kappa shape index (κ1) is 14.6. The Kier molecular flexibility index (Phi) is 3.49. The minimum atomic E-state index is -0.432. The third kappa shape index (κ3) is 2.61. The molecule has 0 aliphatic rings. The van der Waals surface area contributed by atoms with E-state index in [4.69, 9.17) is 0 Å². The molecule has 0 fully saturated rings. The second-order valence-corrected chi connectivity index (χ2v) is 5.16. The van der Waals surface area contributed by atoms with Gasteiger partial charge in [0.15, 0.2) is 11.5 Å². The average molecular weight is 311 g/mol. The molecular weight excluding hydrogens is 298 g/mol. The number of hydrogen-bond acceptors (Lipinski definition) is 5. The van der Waals surface area contributed by atoms with Crippen molar-refractivity contribution in [2.75, 3.05) is 14.1 Å². The Morgan fingerprint density at radius 3 is 2.57 bits per heavy atom. The van der Waals surface area contributed by atoms with Crippen molar-refractivity contribution in [2.45, 2.75) is 0 Å². The van der Waals surface area contributed by atoms with Crippen LogP contribution in [0.3, 0.4) is 0 Å². The lowest BCUT2D eigenvalue weighted by molar-refractivity contribution is -0.384. The van der Waals surface area contributed by atoms with Gasteiger partial charge < -0.3 is 4.90 Å². The number of hydrogen-bond donors (Lipinski definition) is 0. The van der Waals surface area contributed by atoms with Crippen molar-refractivity contribution < 1.29 is 9.72 Å². The standard InChI is InChI=1S/C15H13N5O3/c1-18(2)15(21)12-4-6-14(17-16-12)19-8-7-10-9-11(20(22)23)3-5-13(10)19/h3-9H,1-2H3. The molecule has 1 aromatic carbocycles. The van der Waals surface area contributed by atoms with Gasteiger partial charge in [0.25, 0.3) is 11.6 Å². The lowest BCUT2D eigenvalue weighted by Crippen LogP contribution is -2.23. The molecule has 1 amide bonds. The molecular formula is C15H13N5O3. The molecule has 0 radical (unpaired) electrons. The summed E-state index contributed by atoms with van der Waals surface area (Å²) in [6.45, 7) is 0. The Morgan fingerprint density at radius 2 is 1.96 bits per heavy atom. The maximum Gasteiger partial charge on any atom is 0.273 e. The predicted molar refractivity (Wildman–Crippen MR) is 83.5 cm³/mol. The summed E-state index contributed by atoms with van der Waals surface area (Å²) >= 11 is 0. The molecule has 0 atom stereocenters. The highest BCUT2D eigenvalue weighted by atomic mass is 16.6. The van der Waals surface area contributed by atoms with Crippen LogP contribution in [0.2, 0.25) is 0 Å². The number of benzene rings is 1. The molecule has 8 heteroatoms. The number of nitrogens with zero attached hydrogens (tertiary/aromatic N) is 5. The first-order valence-corrected chi connectivity index (χ1v) is 6.78. The zero-order valence-electron chi connectivity index (χ0n) is 12.5. The van der Waals surface area contributed by atoms with E-state index in [0.717, 1.165) is 10.9 Å². The molecule has 3 rings (SSSR count). The molecule has 0 saturated heterocycles.